The second kappa shape index (κ2) is 9.49. The lowest BCUT2D eigenvalue weighted by Crippen LogP contribution is -2.38. The largest absolute Gasteiger partial charge is 0.374 e. The lowest BCUT2D eigenvalue weighted by atomic mass is 10.0. The number of nitrogens with one attached hydrogen (secondary N) is 4. The first-order chi connectivity index (χ1) is 19.5. The molecule has 4 N–H and O–H groups in total. The average Bonchev–Trinajstić information content (AvgIpc) is 3.93. The molecule has 194 valence electrons. The molecular formula is C31H28ClN7. The van der Waals surface area contributed by atoms with E-state index in [1.54, 1.807) is 12.3 Å². The Kier molecular flexibility index (Phi) is 5.53. The Morgan fingerprint density at radius 2 is 1.85 bits per heavy atom. The molecule has 3 aromatic carbocycles. The maximum absolute atomic E-state index is 10.0. The standard InChI is InChI=1S/C31H28ClN7/c32-26-16-23(35-29(20-7-3-1-4-8-20)27-19-39(38-37-27)24-11-12-24)15-25-28(21(17-33)18-34-30(25)26)36-31(13-14-31)22-9-5-2-6-10-22/h1-10,15-16,18-19,24,29,35,37-38H,11-14H2,(H,34,36)/i29D. The Labute approximate surface area is 233 Å². The van der Waals surface area contributed by atoms with Gasteiger partial charge in [-0.2, -0.15) is 5.26 Å². The van der Waals surface area contributed by atoms with Gasteiger partial charge >= 0.3 is 0 Å². The molecule has 0 bridgehead atoms. The fraction of sp³-hybridized carbons (Fsp3) is 0.226. The third-order valence-electron chi connectivity index (χ3n) is 7.62. The summed E-state index contributed by atoms with van der Waals surface area (Å²) in [6.07, 6.45) is 7.71. The van der Waals surface area contributed by atoms with Gasteiger partial charge in [0.1, 0.15) is 6.07 Å². The highest BCUT2D eigenvalue weighted by atomic mass is 35.5. The SMILES string of the molecule is [2H]C(Nc1cc(Cl)c2ncc(C#N)c(NC3(c4ccccc4)CC3)c2c1)(C1=CN(C2CC2)NN1)c1ccccc1. The Bertz CT molecular complexity index is 1660. The van der Waals surface area contributed by atoms with Crippen LogP contribution in [-0.4, -0.2) is 16.0 Å². The van der Waals surface area contributed by atoms with Gasteiger partial charge in [0.2, 0.25) is 0 Å². The summed E-state index contributed by atoms with van der Waals surface area (Å²) in [4.78, 5) is 4.54. The third kappa shape index (κ3) is 4.52. The first-order valence-corrected chi connectivity index (χ1v) is 13.6. The van der Waals surface area contributed by atoms with Gasteiger partial charge in [0.15, 0.2) is 0 Å². The number of hydrazine groups is 2. The minimum absolute atomic E-state index is 0.239. The molecule has 2 heterocycles. The topological polar surface area (TPSA) is 88.0 Å². The quantitative estimate of drug-likeness (QED) is 0.210. The van der Waals surface area contributed by atoms with Crippen LogP contribution in [0.4, 0.5) is 11.4 Å². The molecule has 1 unspecified atom stereocenters. The van der Waals surface area contributed by atoms with Gasteiger partial charge in [0.25, 0.3) is 0 Å². The number of rotatable bonds is 8. The summed E-state index contributed by atoms with van der Waals surface area (Å²) in [5.74, 6) is 0. The molecule has 7 rings (SSSR count). The minimum Gasteiger partial charge on any atom is -0.374 e. The van der Waals surface area contributed by atoms with Crippen molar-refractivity contribution in [2.24, 2.45) is 0 Å². The summed E-state index contributed by atoms with van der Waals surface area (Å²) in [5.41, 5.74) is 11.2. The number of hydrogen-bond donors (Lipinski definition) is 4. The number of nitriles is 1. The number of aromatic nitrogens is 1. The maximum Gasteiger partial charge on any atom is 0.103 e. The van der Waals surface area contributed by atoms with Gasteiger partial charge in [0, 0.05) is 29.5 Å². The van der Waals surface area contributed by atoms with Crippen molar-refractivity contribution in [3.8, 4) is 6.07 Å². The zero-order valence-corrected chi connectivity index (χ0v) is 22.0. The summed E-state index contributed by atoms with van der Waals surface area (Å²) < 4.78 is 9.69. The minimum atomic E-state index is -1.34. The summed E-state index contributed by atoms with van der Waals surface area (Å²) >= 11 is 6.82. The lowest BCUT2D eigenvalue weighted by molar-refractivity contribution is 0.260. The van der Waals surface area contributed by atoms with E-state index in [9.17, 15) is 6.63 Å². The first-order valence-electron chi connectivity index (χ1n) is 13.7. The van der Waals surface area contributed by atoms with Gasteiger partial charge in [-0.25, -0.2) is 0 Å². The molecule has 2 saturated carbocycles. The van der Waals surface area contributed by atoms with Crippen LogP contribution in [-0.2, 0) is 5.54 Å². The number of halogens is 1. The molecule has 2 aliphatic carbocycles. The van der Waals surface area contributed by atoms with Crippen LogP contribution < -0.4 is 21.6 Å². The fourth-order valence-electron chi connectivity index (χ4n) is 5.21. The Hall–Kier alpha value is -4.25. The van der Waals surface area contributed by atoms with Crippen LogP contribution in [0.15, 0.2) is 90.9 Å². The van der Waals surface area contributed by atoms with E-state index >= 15 is 0 Å². The van der Waals surface area contributed by atoms with E-state index in [4.69, 9.17) is 11.6 Å². The van der Waals surface area contributed by atoms with Crippen LogP contribution in [0.25, 0.3) is 10.9 Å². The van der Waals surface area contributed by atoms with Gasteiger partial charge in [0.05, 0.1) is 40.4 Å². The van der Waals surface area contributed by atoms with E-state index in [0.717, 1.165) is 36.6 Å². The van der Waals surface area contributed by atoms with E-state index < -0.39 is 6.02 Å². The first kappa shape index (κ1) is 22.7. The van der Waals surface area contributed by atoms with Crippen LogP contribution in [0.5, 0.6) is 0 Å². The molecule has 1 aromatic heterocycles. The molecule has 8 heteroatoms. The number of pyridine rings is 1. The molecular weight excluding hydrogens is 506 g/mol. The maximum atomic E-state index is 10.0. The molecule has 0 radical (unpaired) electrons. The highest BCUT2D eigenvalue weighted by Crippen LogP contribution is 2.50. The number of anilines is 2. The number of fused-ring (bicyclic) bond motifs is 1. The number of hydrogen-bond acceptors (Lipinski definition) is 7. The fourth-order valence-corrected chi connectivity index (χ4v) is 5.48. The Morgan fingerprint density at radius 1 is 1.10 bits per heavy atom. The van der Waals surface area contributed by atoms with Gasteiger partial charge < -0.3 is 16.1 Å². The monoisotopic (exact) mass is 534 g/mol. The molecule has 1 atom stereocenters. The molecule has 2 fully saturated rings. The highest BCUT2D eigenvalue weighted by molar-refractivity contribution is 6.35. The van der Waals surface area contributed by atoms with Gasteiger partial charge in [-0.3, -0.25) is 9.99 Å². The predicted molar refractivity (Wildman–Crippen MR) is 154 cm³/mol. The average molecular weight is 535 g/mol. The van der Waals surface area contributed by atoms with Crippen molar-refractivity contribution in [2.75, 3.05) is 10.6 Å². The highest BCUT2D eigenvalue weighted by Gasteiger charge is 2.45. The van der Waals surface area contributed by atoms with Crippen molar-refractivity contribution >= 4 is 33.9 Å². The zero-order chi connectivity index (χ0) is 27.3. The van der Waals surface area contributed by atoms with Gasteiger partial charge in [-0.15, -0.1) is 5.53 Å². The molecule has 39 heavy (non-hydrogen) atoms. The van der Waals surface area contributed by atoms with Crippen molar-refractivity contribution in [3.63, 3.8) is 0 Å². The number of benzene rings is 3. The van der Waals surface area contributed by atoms with E-state index in [1.165, 1.54) is 5.56 Å². The predicted octanol–water partition coefficient (Wildman–Crippen LogP) is 6.34. The van der Waals surface area contributed by atoms with Crippen LogP contribution in [0.3, 0.4) is 0 Å². The Balaban J connectivity index is 1.32. The summed E-state index contributed by atoms with van der Waals surface area (Å²) in [7, 11) is 0. The van der Waals surface area contributed by atoms with Crippen LogP contribution >= 0.6 is 11.6 Å². The van der Waals surface area contributed by atoms with Crippen LogP contribution in [0.2, 0.25) is 5.02 Å². The Morgan fingerprint density at radius 3 is 2.54 bits per heavy atom. The lowest BCUT2D eigenvalue weighted by Gasteiger charge is -2.24. The van der Waals surface area contributed by atoms with E-state index in [0.29, 0.717) is 39.2 Å². The molecule has 0 spiro atoms. The van der Waals surface area contributed by atoms with Crippen molar-refractivity contribution in [1.82, 2.24) is 21.0 Å². The van der Waals surface area contributed by atoms with Gasteiger partial charge in [-0.1, -0.05) is 72.3 Å². The molecule has 4 aromatic rings. The van der Waals surface area contributed by atoms with Crippen molar-refractivity contribution in [3.05, 3.63) is 113 Å². The van der Waals surface area contributed by atoms with Crippen molar-refractivity contribution < 1.29 is 1.37 Å². The molecule has 0 amide bonds. The second-order valence-electron chi connectivity index (χ2n) is 10.4. The molecule has 0 saturated heterocycles. The van der Waals surface area contributed by atoms with E-state index in [2.05, 4.69) is 44.8 Å². The van der Waals surface area contributed by atoms with Crippen LogP contribution in [0.1, 0.15) is 49.8 Å². The normalized spacial score (nSPS) is 19.3. The molecule has 3 aliphatic rings. The smallest absolute Gasteiger partial charge is 0.103 e. The summed E-state index contributed by atoms with van der Waals surface area (Å²) in [6, 6.07) is 25.1. The second-order valence-corrected chi connectivity index (χ2v) is 10.8. The number of nitrogens with zero attached hydrogens (tertiary/aromatic N) is 3. The summed E-state index contributed by atoms with van der Waals surface area (Å²) in [5, 5.41) is 20.4. The van der Waals surface area contributed by atoms with E-state index in [-0.39, 0.29) is 5.54 Å². The van der Waals surface area contributed by atoms with Crippen LogP contribution in [0, 0.1) is 11.3 Å². The molecule has 1 aliphatic heterocycles. The van der Waals surface area contributed by atoms with Crippen molar-refractivity contribution in [1.29, 1.82) is 5.26 Å². The van der Waals surface area contributed by atoms with Gasteiger partial charge in [-0.05, 0) is 48.9 Å². The van der Waals surface area contributed by atoms with Crippen molar-refractivity contribution in [2.45, 2.75) is 43.3 Å². The molecule has 7 nitrogen and oxygen atoms in total. The summed E-state index contributed by atoms with van der Waals surface area (Å²) in [6.45, 7) is 0. The van der Waals surface area contributed by atoms with E-state index in [1.807, 2.05) is 65.8 Å². The zero-order valence-electron chi connectivity index (χ0n) is 22.2. The third-order valence-corrected chi connectivity index (χ3v) is 7.90.